The maximum Gasteiger partial charge on any atom is 0.415 e. The third-order valence-electron chi connectivity index (χ3n) is 3.80. The Bertz CT molecular complexity index is 553. The number of alkyl halides is 3. The van der Waals surface area contributed by atoms with E-state index in [0.29, 0.717) is 0 Å². The molecule has 1 aliphatic heterocycles. The Hall–Kier alpha value is -2.06. The summed E-state index contributed by atoms with van der Waals surface area (Å²) >= 11 is 0. The van der Waals surface area contributed by atoms with E-state index in [4.69, 9.17) is 9.47 Å². The molecule has 0 aliphatic carbocycles. The van der Waals surface area contributed by atoms with Gasteiger partial charge in [-0.15, -0.1) is 0 Å². The van der Waals surface area contributed by atoms with E-state index in [1.807, 2.05) is 5.32 Å². The first-order valence-electron chi connectivity index (χ1n) is 7.94. The van der Waals surface area contributed by atoms with E-state index in [9.17, 15) is 27.6 Å². The predicted molar refractivity (Wildman–Crippen MR) is 81.2 cm³/mol. The number of ether oxygens (including phenoxy) is 2. The molecule has 0 radical (unpaired) electrons. The van der Waals surface area contributed by atoms with Gasteiger partial charge in [-0.25, -0.2) is 0 Å². The van der Waals surface area contributed by atoms with Crippen molar-refractivity contribution < 1.29 is 37.0 Å². The smallest absolute Gasteiger partial charge is 0.415 e. The molecule has 0 aromatic carbocycles. The van der Waals surface area contributed by atoms with Gasteiger partial charge in [0, 0.05) is 12.0 Å². The van der Waals surface area contributed by atoms with Gasteiger partial charge in [-0.1, -0.05) is 13.8 Å². The number of nitrogens with one attached hydrogen (secondary N) is 1. The van der Waals surface area contributed by atoms with Crippen LogP contribution >= 0.6 is 0 Å². The molecule has 0 saturated carbocycles. The lowest BCUT2D eigenvalue weighted by Gasteiger charge is -2.32. The first-order chi connectivity index (χ1) is 11.5. The summed E-state index contributed by atoms with van der Waals surface area (Å²) in [6.07, 6.45) is -5.17. The second-order valence-electron chi connectivity index (χ2n) is 5.94. The van der Waals surface area contributed by atoms with Crippen LogP contribution < -0.4 is 5.32 Å². The summed E-state index contributed by atoms with van der Waals surface area (Å²) in [6, 6.07) is 0. The minimum absolute atomic E-state index is 0.0520. The molecule has 1 atom stereocenters. The largest absolute Gasteiger partial charge is 0.465 e. The van der Waals surface area contributed by atoms with Crippen molar-refractivity contribution in [2.24, 2.45) is 11.8 Å². The Morgan fingerprint density at radius 1 is 1.16 bits per heavy atom. The SMILES string of the molecule is CCOC(=O)C(CC1(C(F)(F)F)C=C(C(C)C)C(=O)N1)C(=O)OCC. The van der Waals surface area contributed by atoms with Crippen molar-refractivity contribution in [2.75, 3.05) is 13.2 Å². The lowest BCUT2D eigenvalue weighted by molar-refractivity contribution is -0.190. The summed E-state index contributed by atoms with van der Waals surface area (Å²) in [5.74, 6) is -5.37. The van der Waals surface area contributed by atoms with E-state index in [2.05, 4.69) is 0 Å². The maximum atomic E-state index is 13.7. The quantitative estimate of drug-likeness (QED) is 0.552. The fraction of sp³-hybridized carbons (Fsp3) is 0.688. The van der Waals surface area contributed by atoms with Crippen molar-refractivity contribution >= 4 is 17.8 Å². The second-order valence-corrected chi connectivity index (χ2v) is 5.94. The van der Waals surface area contributed by atoms with Gasteiger partial charge in [0.05, 0.1) is 13.2 Å². The van der Waals surface area contributed by atoms with Crippen LogP contribution in [0, 0.1) is 11.8 Å². The third-order valence-corrected chi connectivity index (χ3v) is 3.80. The van der Waals surface area contributed by atoms with Gasteiger partial charge in [-0.2, -0.15) is 13.2 Å². The van der Waals surface area contributed by atoms with Crippen molar-refractivity contribution in [3.05, 3.63) is 11.6 Å². The summed E-state index contributed by atoms with van der Waals surface area (Å²) in [5, 5.41) is 1.89. The van der Waals surface area contributed by atoms with Crippen molar-refractivity contribution in [3.8, 4) is 0 Å². The van der Waals surface area contributed by atoms with Crippen LogP contribution in [0.4, 0.5) is 13.2 Å². The second kappa shape index (κ2) is 7.88. The Balaban J connectivity index is 3.30. The summed E-state index contributed by atoms with van der Waals surface area (Å²) in [4.78, 5) is 35.9. The van der Waals surface area contributed by atoms with Crippen LogP contribution in [0.1, 0.15) is 34.1 Å². The number of carbonyl (C=O) groups excluding carboxylic acids is 3. The van der Waals surface area contributed by atoms with E-state index >= 15 is 0 Å². The van der Waals surface area contributed by atoms with E-state index in [-0.39, 0.29) is 18.8 Å². The van der Waals surface area contributed by atoms with Crippen molar-refractivity contribution in [2.45, 2.75) is 45.8 Å². The molecule has 0 spiro atoms. The zero-order valence-corrected chi connectivity index (χ0v) is 14.5. The highest BCUT2D eigenvalue weighted by Crippen LogP contribution is 2.42. The first kappa shape index (κ1) is 21.0. The molecule has 0 bridgehead atoms. The first-order valence-corrected chi connectivity index (χ1v) is 7.94. The predicted octanol–water partition coefficient (Wildman–Crippen LogP) is 2.13. The van der Waals surface area contributed by atoms with E-state index in [1.165, 1.54) is 13.8 Å². The van der Waals surface area contributed by atoms with Gasteiger partial charge in [-0.3, -0.25) is 14.4 Å². The average Bonchev–Trinajstić information content (AvgIpc) is 2.83. The topological polar surface area (TPSA) is 81.7 Å². The maximum absolute atomic E-state index is 13.7. The minimum Gasteiger partial charge on any atom is -0.465 e. The molecular weight excluding hydrogens is 343 g/mol. The zero-order valence-electron chi connectivity index (χ0n) is 14.5. The zero-order chi connectivity index (χ0) is 19.4. The number of hydrogen-bond acceptors (Lipinski definition) is 5. The number of carbonyl (C=O) groups is 3. The number of amides is 1. The van der Waals surface area contributed by atoms with Gasteiger partial charge in [0.25, 0.3) is 0 Å². The van der Waals surface area contributed by atoms with Gasteiger partial charge < -0.3 is 14.8 Å². The summed E-state index contributed by atoms with van der Waals surface area (Å²) in [7, 11) is 0. The highest BCUT2D eigenvalue weighted by Gasteiger charge is 2.60. The third kappa shape index (κ3) is 4.52. The van der Waals surface area contributed by atoms with E-state index < -0.39 is 47.8 Å². The van der Waals surface area contributed by atoms with Crippen molar-refractivity contribution in [1.82, 2.24) is 5.32 Å². The van der Waals surface area contributed by atoms with Crippen LogP contribution in [0.3, 0.4) is 0 Å². The molecule has 25 heavy (non-hydrogen) atoms. The summed E-state index contributed by atoms with van der Waals surface area (Å²) in [6.45, 7) is 5.87. The van der Waals surface area contributed by atoms with Gasteiger partial charge in [0.15, 0.2) is 11.5 Å². The Kier molecular flexibility index (Phi) is 6.61. The molecule has 0 aromatic rings. The van der Waals surface area contributed by atoms with Gasteiger partial charge in [-0.05, 0) is 25.8 Å². The monoisotopic (exact) mass is 365 g/mol. The molecule has 0 fully saturated rings. The molecule has 9 heteroatoms. The molecule has 6 nitrogen and oxygen atoms in total. The Labute approximate surface area is 143 Å². The molecule has 142 valence electrons. The van der Waals surface area contributed by atoms with Gasteiger partial charge in [0.2, 0.25) is 5.91 Å². The highest BCUT2D eigenvalue weighted by atomic mass is 19.4. The molecule has 1 aliphatic rings. The molecule has 1 rings (SSSR count). The average molecular weight is 365 g/mol. The molecule has 1 amide bonds. The van der Waals surface area contributed by atoms with Crippen LogP contribution in [-0.4, -0.2) is 42.8 Å². The normalized spacial score (nSPS) is 20.5. The van der Waals surface area contributed by atoms with Crippen LogP contribution in [0.2, 0.25) is 0 Å². The van der Waals surface area contributed by atoms with E-state index in [0.717, 1.165) is 6.08 Å². The lowest BCUT2D eigenvalue weighted by atomic mass is 9.86. The van der Waals surface area contributed by atoms with E-state index in [1.54, 1.807) is 13.8 Å². The van der Waals surface area contributed by atoms with Crippen LogP contribution in [0.25, 0.3) is 0 Å². The Morgan fingerprint density at radius 2 is 1.64 bits per heavy atom. The summed E-state index contributed by atoms with van der Waals surface area (Å²) < 4.78 is 50.6. The number of hydrogen-bond donors (Lipinski definition) is 1. The lowest BCUT2D eigenvalue weighted by Crippen LogP contribution is -2.56. The highest BCUT2D eigenvalue weighted by molar-refractivity contribution is 5.99. The molecule has 0 aromatic heterocycles. The van der Waals surface area contributed by atoms with Gasteiger partial charge in [0.1, 0.15) is 0 Å². The van der Waals surface area contributed by atoms with Crippen LogP contribution in [-0.2, 0) is 23.9 Å². The van der Waals surface area contributed by atoms with Crippen molar-refractivity contribution in [3.63, 3.8) is 0 Å². The number of esters is 2. The molecule has 1 unspecified atom stereocenters. The van der Waals surface area contributed by atoms with Crippen LogP contribution in [0.5, 0.6) is 0 Å². The fourth-order valence-electron chi connectivity index (χ4n) is 2.52. The number of rotatable bonds is 7. The molecule has 1 heterocycles. The number of halogens is 3. The van der Waals surface area contributed by atoms with Gasteiger partial charge >= 0.3 is 18.1 Å². The minimum atomic E-state index is -4.91. The molecular formula is C16H22F3NO5. The fourth-order valence-corrected chi connectivity index (χ4v) is 2.52. The summed E-state index contributed by atoms with van der Waals surface area (Å²) in [5.41, 5.74) is -2.88. The van der Waals surface area contributed by atoms with Crippen LogP contribution in [0.15, 0.2) is 11.6 Å². The standard InChI is InChI=1S/C16H22F3NO5/c1-5-24-13(22)11(14(23)25-6-2)8-15(16(17,18)19)7-10(9(3)4)12(21)20-15/h7,9,11H,5-6,8H2,1-4H3,(H,20,21). The van der Waals surface area contributed by atoms with Crippen molar-refractivity contribution in [1.29, 1.82) is 0 Å². The molecule has 0 saturated heterocycles. The Morgan fingerprint density at radius 3 is 1.96 bits per heavy atom. The molecule has 1 N–H and O–H groups in total.